The van der Waals surface area contributed by atoms with Crippen molar-refractivity contribution in [3.8, 4) is 5.69 Å². The van der Waals surface area contributed by atoms with Crippen LogP contribution in [0.4, 0.5) is 4.39 Å². The van der Waals surface area contributed by atoms with Crippen LogP contribution in [-0.2, 0) is 31.4 Å². The Bertz CT molecular complexity index is 1250. The molecule has 1 aliphatic heterocycles. The number of halogens is 1. The summed E-state index contributed by atoms with van der Waals surface area (Å²) in [4.78, 5) is 41.9. The summed E-state index contributed by atoms with van der Waals surface area (Å²) in [6.45, 7) is 2.38. The molecule has 0 saturated heterocycles. The average Bonchev–Trinajstić information content (AvgIpc) is 3.17. The van der Waals surface area contributed by atoms with Gasteiger partial charge in [-0.05, 0) is 41.8 Å². The van der Waals surface area contributed by atoms with Crippen LogP contribution in [0.1, 0.15) is 34.2 Å². The van der Waals surface area contributed by atoms with Crippen molar-refractivity contribution >= 4 is 11.8 Å². The predicted molar refractivity (Wildman–Crippen MR) is 114 cm³/mol. The van der Waals surface area contributed by atoms with Crippen molar-refractivity contribution in [3.63, 3.8) is 0 Å². The van der Waals surface area contributed by atoms with E-state index in [1.54, 1.807) is 29.8 Å². The molecule has 0 aliphatic carbocycles. The largest absolute Gasteiger partial charge is 0.338 e. The van der Waals surface area contributed by atoms with Crippen LogP contribution in [-0.4, -0.2) is 54.5 Å². The Kier molecular flexibility index (Phi) is 5.60. The summed E-state index contributed by atoms with van der Waals surface area (Å²) in [6, 6.07) is 5.47. The van der Waals surface area contributed by atoms with E-state index >= 15 is 0 Å². The van der Waals surface area contributed by atoms with E-state index in [4.69, 9.17) is 0 Å². The van der Waals surface area contributed by atoms with Crippen molar-refractivity contribution in [2.24, 2.45) is 7.05 Å². The lowest BCUT2D eigenvalue weighted by molar-refractivity contribution is -0.129. The van der Waals surface area contributed by atoms with Crippen molar-refractivity contribution in [1.82, 2.24) is 29.1 Å². The second-order valence-electron chi connectivity index (χ2n) is 7.87. The summed E-state index contributed by atoms with van der Waals surface area (Å²) in [6.07, 6.45) is 3.57. The molecular weight excluding hydrogens is 415 g/mol. The molecule has 3 heterocycles. The number of aryl methyl sites for hydroxylation is 1. The van der Waals surface area contributed by atoms with Crippen molar-refractivity contribution < 1.29 is 14.0 Å². The summed E-state index contributed by atoms with van der Waals surface area (Å²) in [5.74, 6) is -0.376. The van der Waals surface area contributed by atoms with Crippen molar-refractivity contribution in [2.75, 3.05) is 13.6 Å². The molecule has 0 fully saturated rings. The van der Waals surface area contributed by atoms with E-state index in [0.29, 0.717) is 42.1 Å². The maximum absolute atomic E-state index is 13.5. The van der Waals surface area contributed by atoms with E-state index in [-0.39, 0.29) is 18.0 Å². The predicted octanol–water partition coefficient (Wildman–Crippen LogP) is 1.28. The second-order valence-corrected chi connectivity index (χ2v) is 7.87. The number of hydrogen-bond donors (Lipinski definition) is 0. The first-order chi connectivity index (χ1) is 15.3. The maximum atomic E-state index is 13.5. The number of carbonyl (C=O) groups excluding carboxylic acids is 2. The van der Waals surface area contributed by atoms with Gasteiger partial charge in [0.05, 0.1) is 6.54 Å². The van der Waals surface area contributed by atoms with Gasteiger partial charge < -0.3 is 14.4 Å². The third-order valence-corrected chi connectivity index (χ3v) is 5.69. The number of aromatic nitrogens is 4. The minimum absolute atomic E-state index is 0.0553. The van der Waals surface area contributed by atoms with Gasteiger partial charge in [-0.25, -0.2) is 4.39 Å². The molecular formula is C22H23FN6O3. The fourth-order valence-electron chi connectivity index (χ4n) is 3.86. The van der Waals surface area contributed by atoms with Gasteiger partial charge in [0.2, 0.25) is 5.91 Å². The lowest BCUT2D eigenvalue weighted by atomic mass is 9.95. The number of fused-ring (bicyclic) bond motifs is 1. The normalized spacial score (nSPS) is 13.1. The van der Waals surface area contributed by atoms with Gasteiger partial charge in [0.1, 0.15) is 17.7 Å². The van der Waals surface area contributed by atoms with Gasteiger partial charge in [0.15, 0.2) is 5.82 Å². The van der Waals surface area contributed by atoms with Gasteiger partial charge in [-0.1, -0.05) is 0 Å². The van der Waals surface area contributed by atoms with Gasteiger partial charge in [0.25, 0.3) is 11.5 Å². The minimum Gasteiger partial charge on any atom is -0.338 e. The summed E-state index contributed by atoms with van der Waals surface area (Å²) in [7, 11) is 3.37. The molecule has 0 spiro atoms. The number of rotatable bonds is 4. The molecule has 0 radical (unpaired) electrons. The minimum atomic E-state index is -0.485. The Labute approximate surface area is 183 Å². The summed E-state index contributed by atoms with van der Waals surface area (Å²) in [5, 5.41) is 7.82. The third kappa shape index (κ3) is 3.91. The highest BCUT2D eigenvalue weighted by molar-refractivity contribution is 5.95. The SMILES string of the molecule is CC(=O)N1CCc2c(cn(-c3ccc(F)cc3)c(=O)c2C(=O)N(C)Cc2nncn2C)C1. The van der Waals surface area contributed by atoms with E-state index in [2.05, 4.69) is 10.2 Å². The molecule has 1 aliphatic rings. The number of carbonyl (C=O) groups is 2. The molecule has 2 amide bonds. The number of hydrogen-bond acceptors (Lipinski definition) is 5. The maximum Gasteiger partial charge on any atom is 0.268 e. The molecule has 4 rings (SSSR count). The topological polar surface area (TPSA) is 93.3 Å². The van der Waals surface area contributed by atoms with Gasteiger partial charge in [0, 0.05) is 46.0 Å². The van der Waals surface area contributed by atoms with Crippen LogP contribution >= 0.6 is 0 Å². The molecule has 3 aromatic rings. The van der Waals surface area contributed by atoms with Crippen LogP contribution in [0.3, 0.4) is 0 Å². The van der Waals surface area contributed by atoms with Crippen LogP contribution in [0, 0.1) is 5.82 Å². The fourth-order valence-corrected chi connectivity index (χ4v) is 3.86. The highest BCUT2D eigenvalue weighted by Crippen LogP contribution is 2.23. The van der Waals surface area contributed by atoms with E-state index in [1.807, 2.05) is 0 Å². The zero-order chi connectivity index (χ0) is 23.0. The molecule has 10 heteroatoms. The average molecular weight is 438 g/mol. The number of benzene rings is 1. The van der Waals surface area contributed by atoms with Crippen molar-refractivity contribution in [2.45, 2.75) is 26.4 Å². The zero-order valence-corrected chi connectivity index (χ0v) is 18.1. The number of pyridine rings is 1. The molecule has 1 aromatic carbocycles. The van der Waals surface area contributed by atoms with Crippen LogP contribution in [0.2, 0.25) is 0 Å². The van der Waals surface area contributed by atoms with Crippen LogP contribution in [0.25, 0.3) is 5.69 Å². The van der Waals surface area contributed by atoms with Gasteiger partial charge in [-0.15, -0.1) is 10.2 Å². The molecule has 9 nitrogen and oxygen atoms in total. The molecule has 0 N–H and O–H groups in total. The Balaban J connectivity index is 1.82. The van der Waals surface area contributed by atoms with Gasteiger partial charge in [-0.2, -0.15) is 0 Å². The summed E-state index contributed by atoms with van der Waals surface area (Å²) in [5.41, 5.74) is 1.36. The molecule has 32 heavy (non-hydrogen) atoms. The Morgan fingerprint density at radius 2 is 1.94 bits per heavy atom. The van der Waals surface area contributed by atoms with Crippen molar-refractivity contribution in [1.29, 1.82) is 0 Å². The van der Waals surface area contributed by atoms with E-state index in [0.717, 1.165) is 0 Å². The van der Waals surface area contributed by atoms with Crippen LogP contribution < -0.4 is 5.56 Å². The number of amides is 2. The first kappa shape index (κ1) is 21.4. The molecule has 0 unspecified atom stereocenters. The Hall–Kier alpha value is -3.82. The standard InChI is InChI=1S/C22H23FN6O3/c1-14(30)28-9-8-18-15(10-28)11-29(17-6-4-16(23)5-7-17)22(32)20(18)21(31)26(2)12-19-25-24-13-27(19)3/h4-7,11,13H,8-10,12H2,1-3H3. The molecule has 166 valence electrons. The van der Waals surface area contributed by atoms with E-state index in [9.17, 15) is 18.8 Å². The molecule has 0 saturated carbocycles. The summed E-state index contributed by atoms with van der Waals surface area (Å²) >= 11 is 0. The highest BCUT2D eigenvalue weighted by atomic mass is 19.1. The number of nitrogens with zero attached hydrogens (tertiary/aromatic N) is 6. The van der Waals surface area contributed by atoms with Crippen molar-refractivity contribution in [3.05, 3.63) is 75.5 Å². The van der Waals surface area contributed by atoms with E-state index in [1.165, 1.54) is 47.0 Å². The van der Waals surface area contributed by atoms with E-state index < -0.39 is 17.3 Å². The van der Waals surface area contributed by atoms with Crippen LogP contribution in [0.15, 0.2) is 41.6 Å². The van der Waals surface area contributed by atoms with Crippen LogP contribution in [0.5, 0.6) is 0 Å². The zero-order valence-electron chi connectivity index (χ0n) is 18.1. The Morgan fingerprint density at radius 1 is 1.22 bits per heavy atom. The smallest absolute Gasteiger partial charge is 0.268 e. The monoisotopic (exact) mass is 438 g/mol. The first-order valence-corrected chi connectivity index (χ1v) is 10.1. The third-order valence-electron chi connectivity index (χ3n) is 5.69. The molecule has 0 atom stereocenters. The van der Waals surface area contributed by atoms with Gasteiger partial charge >= 0.3 is 0 Å². The lowest BCUT2D eigenvalue weighted by Gasteiger charge is -2.30. The van der Waals surface area contributed by atoms with Gasteiger partial charge in [-0.3, -0.25) is 19.0 Å². The lowest BCUT2D eigenvalue weighted by Crippen LogP contribution is -2.41. The first-order valence-electron chi connectivity index (χ1n) is 10.1. The fraction of sp³-hybridized carbons (Fsp3) is 0.318. The molecule has 2 aromatic heterocycles. The quantitative estimate of drug-likeness (QED) is 0.612. The Morgan fingerprint density at radius 3 is 2.56 bits per heavy atom. The molecule has 0 bridgehead atoms. The second kappa shape index (κ2) is 8.37. The highest BCUT2D eigenvalue weighted by Gasteiger charge is 2.29. The summed E-state index contributed by atoms with van der Waals surface area (Å²) < 4.78 is 16.5.